The third-order valence-electron chi connectivity index (χ3n) is 5.08. The van der Waals surface area contributed by atoms with E-state index in [1.165, 1.54) is 58.3 Å². The quantitative estimate of drug-likeness (QED) is 0.209. The Labute approximate surface area is 174 Å². The summed E-state index contributed by atoms with van der Waals surface area (Å²) in [5.41, 5.74) is 0. The molecule has 7 heteroatoms. The first-order valence-corrected chi connectivity index (χ1v) is 11.2. The van der Waals surface area contributed by atoms with E-state index in [1.54, 1.807) is 0 Å². The van der Waals surface area contributed by atoms with Crippen molar-refractivity contribution < 1.29 is 28.8 Å². The van der Waals surface area contributed by atoms with E-state index in [0.29, 0.717) is 17.9 Å². The smallest absolute Gasteiger partial charge is 0.373 e. The van der Waals surface area contributed by atoms with Crippen LogP contribution in [0.3, 0.4) is 0 Å². The van der Waals surface area contributed by atoms with Gasteiger partial charge in [0.05, 0.1) is 0 Å². The molecule has 0 aromatic heterocycles. The normalized spacial score (nSPS) is 14.9. The number of esters is 1. The molecule has 1 atom stereocenters. The summed E-state index contributed by atoms with van der Waals surface area (Å²) >= 11 is 0. The van der Waals surface area contributed by atoms with Gasteiger partial charge in [0.2, 0.25) is 6.10 Å². The molecule has 1 saturated heterocycles. The number of unbranched alkanes of at least 4 members (excludes halogenated alkanes) is 11. The van der Waals surface area contributed by atoms with Crippen LogP contribution in [0.25, 0.3) is 0 Å². The molecule has 0 bridgehead atoms. The number of amides is 2. The summed E-state index contributed by atoms with van der Waals surface area (Å²) in [5, 5.41) is 0.487. The lowest BCUT2D eigenvalue weighted by molar-refractivity contribution is -0.206. The van der Waals surface area contributed by atoms with Crippen LogP contribution in [0.4, 0.5) is 0 Å². The van der Waals surface area contributed by atoms with Crippen LogP contribution in [0.1, 0.15) is 110 Å². The van der Waals surface area contributed by atoms with Crippen LogP contribution in [-0.4, -0.2) is 34.9 Å². The van der Waals surface area contributed by atoms with Gasteiger partial charge >= 0.3 is 11.9 Å². The van der Waals surface area contributed by atoms with Crippen LogP contribution in [0, 0.1) is 0 Å². The SMILES string of the molecule is CCCCCCCCCCCCCC[C@@H](OC(C)=O)C(=O)ON1C(=O)CCC1=O. The molecular weight excluding hydrogens is 374 g/mol. The number of ether oxygens (including phenoxy) is 1. The van der Waals surface area contributed by atoms with Crippen molar-refractivity contribution in [3.8, 4) is 0 Å². The van der Waals surface area contributed by atoms with Crippen LogP contribution in [0.5, 0.6) is 0 Å². The van der Waals surface area contributed by atoms with Gasteiger partial charge in [-0.1, -0.05) is 77.6 Å². The number of carbonyl (C=O) groups is 4. The number of rotatable bonds is 16. The van der Waals surface area contributed by atoms with Crippen LogP contribution in [-0.2, 0) is 28.8 Å². The Bertz CT molecular complexity index is 517. The standard InChI is InChI=1S/C22H37NO6/c1-3-4-5-6-7-8-9-10-11-12-13-14-15-19(28-18(2)24)22(27)29-23-20(25)16-17-21(23)26/h19H,3-17H2,1-2H3/t19-/m1/s1. The summed E-state index contributed by atoms with van der Waals surface area (Å²) in [6, 6.07) is 0. The molecule has 0 saturated carbocycles. The molecule has 0 spiro atoms. The molecule has 7 nitrogen and oxygen atoms in total. The van der Waals surface area contributed by atoms with E-state index in [-0.39, 0.29) is 12.8 Å². The third kappa shape index (κ3) is 11.0. The molecule has 1 rings (SSSR count). The van der Waals surface area contributed by atoms with Crippen LogP contribution in [0.15, 0.2) is 0 Å². The molecule has 1 aliphatic heterocycles. The summed E-state index contributed by atoms with van der Waals surface area (Å²) < 4.78 is 5.03. The van der Waals surface area contributed by atoms with Crippen molar-refractivity contribution in [1.29, 1.82) is 0 Å². The number of hydrogen-bond donors (Lipinski definition) is 0. The van der Waals surface area contributed by atoms with Crippen LogP contribution >= 0.6 is 0 Å². The molecule has 166 valence electrons. The highest BCUT2D eigenvalue weighted by Gasteiger charge is 2.35. The molecule has 29 heavy (non-hydrogen) atoms. The van der Waals surface area contributed by atoms with Crippen molar-refractivity contribution in [2.75, 3.05) is 0 Å². The predicted octanol–water partition coefficient (Wildman–Crippen LogP) is 4.62. The third-order valence-corrected chi connectivity index (χ3v) is 5.08. The van der Waals surface area contributed by atoms with Gasteiger partial charge in [-0.05, 0) is 12.8 Å². The number of hydroxylamine groups is 2. The van der Waals surface area contributed by atoms with Crippen molar-refractivity contribution in [2.45, 2.75) is 116 Å². The van der Waals surface area contributed by atoms with Gasteiger partial charge in [0.25, 0.3) is 11.8 Å². The summed E-state index contributed by atoms with van der Waals surface area (Å²) in [5.74, 6) is -2.55. The van der Waals surface area contributed by atoms with E-state index in [0.717, 1.165) is 19.3 Å². The molecule has 0 N–H and O–H groups in total. The molecule has 0 aliphatic carbocycles. The first kappa shape index (κ1) is 25.1. The van der Waals surface area contributed by atoms with Crippen LogP contribution < -0.4 is 0 Å². The number of nitrogens with zero attached hydrogens (tertiary/aromatic N) is 1. The molecule has 0 unspecified atom stereocenters. The summed E-state index contributed by atoms with van der Waals surface area (Å²) in [6.07, 6.45) is 13.6. The van der Waals surface area contributed by atoms with E-state index in [2.05, 4.69) is 6.92 Å². The van der Waals surface area contributed by atoms with Gasteiger partial charge in [-0.2, -0.15) is 0 Å². The molecule has 1 heterocycles. The zero-order valence-electron chi connectivity index (χ0n) is 18.1. The second-order valence-electron chi connectivity index (χ2n) is 7.77. The molecular formula is C22H37NO6. The second-order valence-corrected chi connectivity index (χ2v) is 7.77. The molecule has 2 amide bonds. The van der Waals surface area contributed by atoms with Gasteiger partial charge in [-0.3, -0.25) is 14.4 Å². The van der Waals surface area contributed by atoms with E-state index >= 15 is 0 Å². The highest BCUT2D eigenvalue weighted by atomic mass is 16.7. The lowest BCUT2D eigenvalue weighted by Gasteiger charge is -2.18. The Kier molecular flexibility index (Phi) is 13.0. The minimum atomic E-state index is -1.09. The monoisotopic (exact) mass is 411 g/mol. The van der Waals surface area contributed by atoms with E-state index in [1.807, 2.05) is 0 Å². The largest absolute Gasteiger partial charge is 0.450 e. The maximum Gasteiger partial charge on any atom is 0.373 e. The molecule has 0 radical (unpaired) electrons. The number of hydrogen-bond acceptors (Lipinski definition) is 6. The average Bonchev–Trinajstić information content (AvgIpc) is 2.99. The van der Waals surface area contributed by atoms with Gasteiger partial charge < -0.3 is 9.57 Å². The fraction of sp³-hybridized carbons (Fsp3) is 0.818. The zero-order chi connectivity index (χ0) is 21.5. The average molecular weight is 412 g/mol. The molecule has 1 fully saturated rings. The fourth-order valence-electron chi connectivity index (χ4n) is 3.40. The first-order valence-electron chi connectivity index (χ1n) is 11.2. The number of imide groups is 1. The first-order chi connectivity index (χ1) is 14.0. The Morgan fingerprint density at radius 2 is 1.28 bits per heavy atom. The Balaban J connectivity index is 2.17. The fourth-order valence-corrected chi connectivity index (χ4v) is 3.40. The second kappa shape index (κ2) is 15.0. The van der Waals surface area contributed by atoms with Gasteiger partial charge in [-0.15, -0.1) is 5.06 Å². The summed E-state index contributed by atoms with van der Waals surface area (Å²) in [6.45, 7) is 3.45. The molecule has 0 aromatic carbocycles. The van der Waals surface area contributed by atoms with Crippen molar-refractivity contribution in [3.63, 3.8) is 0 Å². The van der Waals surface area contributed by atoms with Crippen LogP contribution in [0.2, 0.25) is 0 Å². The maximum atomic E-state index is 12.2. The van der Waals surface area contributed by atoms with E-state index in [9.17, 15) is 19.2 Å². The minimum absolute atomic E-state index is 0.0308. The predicted molar refractivity (Wildman–Crippen MR) is 108 cm³/mol. The highest BCUT2D eigenvalue weighted by molar-refractivity contribution is 6.01. The summed E-state index contributed by atoms with van der Waals surface area (Å²) in [7, 11) is 0. The topological polar surface area (TPSA) is 90.0 Å². The Morgan fingerprint density at radius 3 is 1.72 bits per heavy atom. The van der Waals surface area contributed by atoms with Gasteiger partial charge in [0.15, 0.2) is 0 Å². The Hall–Kier alpha value is -1.92. The lowest BCUT2D eigenvalue weighted by Crippen LogP contribution is -2.38. The zero-order valence-corrected chi connectivity index (χ0v) is 18.1. The maximum absolute atomic E-state index is 12.2. The van der Waals surface area contributed by atoms with Gasteiger partial charge in [-0.25, -0.2) is 4.79 Å². The summed E-state index contributed by atoms with van der Waals surface area (Å²) in [4.78, 5) is 51.5. The highest BCUT2D eigenvalue weighted by Crippen LogP contribution is 2.17. The minimum Gasteiger partial charge on any atom is -0.450 e. The van der Waals surface area contributed by atoms with Gasteiger partial charge in [0.1, 0.15) is 0 Å². The molecule has 0 aromatic rings. The van der Waals surface area contributed by atoms with Crippen molar-refractivity contribution >= 4 is 23.8 Å². The van der Waals surface area contributed by atoms with Crippen molar-refractivity contribution in [1.82, 2.24) is 5.06 Å². The van der Waals surface area contributed by atoms with Crippen molar-refractivity contribution in [2.24, 2.45) is 0 Å². The van der Waals surface area contributed by atoms with Gasteiger partial charge in [0, 0.05) is 19.8 Å². The Morgan fingerprint density at radius 1 is 0.828 bits per heavy atom. The van der Waals surface area contributed by atoms with E-state index in [4.69, 9.17) is 9.57 Å². The lowest BCUT2D eigenvalue weighted by atomic mass is 10.0. The number of carbonyl (C=O) groups excluding carboxylic acids is 4. The van der Waals surface area contributed by atoms with E-state index < -0.39 is 29.9 Å². The molecule has 1 aliphatic rings. The van der Waals surface area contributed by atoms with Crippen molar-refractivity contribution in [3.05, 3.63) is 0 Å².